The SMILES string of the molecule is O=C1CC(=C2CCOc3ccccc32)C(=O)N1. The number of ether oxygens (including phenoxy) is 1. The van der Waals surface area contributed by atoms with Crippen molar-refractivity contribution >= 4 is 17.4 Å². The van der Waals surface area contributed by atoms with Crippen LogP contribution in [0.4, 0.5) is 0 Å². The van der Waals surface area contributed by atoms with Crippen LogP contribution >= 0.6 is 0 Å². The molecule has 4 nitrogen and oxygen atoms in total. The van der Waals surface area contributed by atoms with E-state index in [0.717, 1.165) is 16.9 Å². The quantitative estimate of drug-likeness (QED) is 0.538. The van der Waals surface area contributed by atoms with Crippen LogP contribution in [-0.4, -0.2) is 18.4 Å². The highest BCUT2D eigenvalue weighted by atomic mass is 16.5. The normalized spacial score (nSPS) is 23.1. The molecule has 2 aliphatic rings. The van der Waals surface area contributed by atoms with E-state index in [4.69, 9.17) is 4.74 Å². The minimum absolute atomic E-state index is 0.183. The van der Waals surface area contributed by atoms with E-state index < -0.39 is 0 Å². The lowest BCUT2D eigenvalue weighted by atomic mass is 9.94. The second kappa shape index (κ2) is 3.73. The van der Waals surface area contributed by atoms with E-state index in [9.17, 15) is 9.59 Å². The maximum absolute atomic E-state index is 11.7. The number of hydrogen-bond donors (Lipinski definition) is 1. The third kappa shape index (κ3) is 1.62. The largest absolute Gasteiger partial charge is 0.493 e. The summed E-state index contributed by atoms with van der Waals surface area (Å²) in [6.07, 6.45) is 0.857. The lowest BCUT2D eigenvalue weighted by Gasteiger charge is -2.21. The Morgan fingerprint density at radius 2 is 1.94 bits per heavy atom. The van der Waals surface area contributed by atoms with Gasteiger partial charge in [0.05, 0.1) is 13.0 Å². The summed E-state index contributed by atoms with van der Waals surface area (Å²) >= 11 is 0. The zero-order valence-corrected chi connectivity index (χ0v) is 9.16. The lowest BCUT2D eigenvalue weighted by Crippen LogP contribution is -2.20. The van der Waals surface area contributed by atoms with E-state index >= 15 is 0 Å². The van der Waals surface area contributed by atoms with Crippen molar-refractivity contribution in [1.82, 2.24) is 5.32 Å². The van der Waals surface area contributed by atoms with E-state index in [1.165, 1.54) is 0 Å². The first-order valence-electron chi connectivity index (χ1n) is 5.54. The van der Waals surface area contributed by atoms with Crippen molar-refractivity contribution in [2.75, 3.05) is 6.61 Å². The molecular weight excluding hydrogens is 218 g/mol. The number of benzene rings is 1. The van der Waals surface area contributed by atoms with Crippen LogP contribution < -0.4 is 10.1 Å². The van der Waals surface area contributed by atoms with Crippen LogP contribution in [0.3, 0.4) is 0 Å². The van der Waals surface area contributed by atoms with Gasteiger partial charge in [0.1, 0.15) is 5.75 Å². The molecule has 4 heteroatoms. The van der Waals surface area contributed by atoms with Gasteiger partial charge < -0.3 is 4.74 Å². The standard InChI is InChI=1S/C13H11NO3/c15-12-7-10(13(16)14-12)8-5-6-17-11-4-2-1-3-9(8)11/h1-4H,5-7H2,(H,14,15,16). The lowest BCUT2D eigenvalue weighted by molar-refractivity contribution is -0.124. The average molecular weight is 229 g/mol. The van der Waals surface area contributed by atoms with Crippen molar-refractivity contribution in [2.45, 2.75) is 12.8 Å². The molecule has 2 aliphatic heterocycles. The number of carbonyl (C=O) groups is 2. The average Bonchev–Trinajstić information content (AvgIpc) is 2.68. The number of hydrogen-bond acceptors (Lipinski definition) is 3. The Morgan fingerprint density at radius 3 is 2.71 bits per heavy atom. The van der Waals surface area contributed by atoms with Crippen LogP contribution in [0.2, 0.25) is 0 Å². The molecule has 1 N–H and O–H groups in total. The highest BCUT2D eigenvalue weighted by molar-refractivity contribution is 6.17. The molecular formula is C13H11NO3. The predicted molar refractivity (Wildman–Crippen MR) is 61.2 cm³/mol. The number of fused-ring (bicyclic) bond motifs is 1. The fraction of sp³-hybridized carbons (Fsp3) is 0.231. The first-order valence-corrected chi connectivity index (χ1v) is 5.54. The van der Waals surface area contributed by atoms with Gasteiger partial charge in [-0.15, -0.1) is 0 Å². The van der Waals surface area contributed by atoms with E-state index in [2.05, 4.69) is 5.32 Å². The third-order valence-electron chi connectivity index (χ3n) is 3.05. The summed E-state index contributed by atoms with van der Waals surface area (Å²) in [7, 11) is 0. The van der Waals surface area contributed by atoms with Gasteiger partial charge in [-0.25, -0.2) is 0 Å². The molecule has 0 atom stereocenters. The van der Waals surface area contributed by atoms with Gasteiger partial charge in [-0.3, -0.25) is 14.9 Å². The highest BCUT2D eigenvalue weighted by Gasteiger charge is 2.29. The van der Waals surface area contributed by atoms with E-state index in [1.54, 1.807) is 0 Å². The van der Waals surface area contributed by atoms with Gasteiger partial charge in [-0.2, -0.15) is 0 Å². The number of carbonyl (C=O) groups excluding carboxylic acids is 2. The Kier molecular flexibility index (Phi) is 2.21. The molecule has 1 aromatic carbocycles. The van der Waals surface area contributed by atoms with Gasteiger partial charge in [-0.1, -0.05) is 18.2 Å². The Morgan fingerprint density at radius 1 is 1.12 bits per heavy atom. The molecule has 0 aromatic heterocycles. The van der Waals surface area contributed by atoms with E-state index in [1.807, 2.05) is 24.3 Å². The molecule has 2 heterocycles. The predicted octanol–water partition coefficient (Wildman–Crippen LogP) is 1.27. The minimum Gasteiger partial charge on any atom is -0.493 e. The summed E-state index contributed by atoms with van der Waals surface area (Å²) in [5.74, 6) is 0.302. The molecule has 0 radical (unpaired) electrons. The van der Waals surface area contributed by atoms with Crippen molar-refractivity contribution in [3.8, 4) is 5.75 Å². The van der Waals surface area contributed by atoms with Crippen LogP contribution in [0.25, 0.3) is 5.57 Å². The van der Waals surface area contributed by atoms with Crippen molar-refractivity contribution in [3.05, 3.63) is 35.4 Å². The van der Waals surface area contributed by atoms with Gasteiger partial charge in [0, 0.05) is 17.6 Å². The van der Waals surface area contributed by atoms with Crippen LogP contribution in [0.15, 0.2) is 29.8 Å². The van der Waals surface area contributed by atoms with Crippen LogP contribution in [0, 0.1) is 0 Å². The Balaban J connectivity index is 2.14. The minimum atomic E-state index is -0.262. The molecule has 0 saturated carbocycles. The number of amides is 2. The van der Waals surface area contributed by atoms with Gasteiger partial charge >= 0.3 is 0 Å². The topological polar surface area (TPSA) is 55.4 Å². The summed E-state index contributed by atoms with van der Waals surface area (Å²) in [6.45, 7) is 0.553. The highest BCUT2D eigenvalue weighted by Crippen LogP contribution is 2.36. The van der Waals surface area contributed by atoms with Crippen LogP contribution in [0.5, 0.6) is 5.75 Å². The molecule has 86 valence electrons. The van der Waals surface area contributed by atoms with Gasteiger partial charge in [0.25, 0.3) is 5.91 Å². The first kappa shape index (κ1) is 10.1. The molecule has 0 spiro atoms. The summed E-state index contributed by atoms with van der Waals surface area (Å²) < 4.78 is 5.52. The van der Waals surface area contributed by atoms with E-state index in [0.29, 0.717) is 18.6 Å². The Bertz CT molecular complexity index is 545. The van der Waals surface area contributed by atoms with Crippen LogP contribution in [-0.2, 0) is 9.59 Å². The fourth-order valence-electron chi connectivity index (χ4n) is 2.28. The summed E-state index contributed by atoms with van der Waals surface area (Å²) in [5.41, 5.74) is 2.46. The molecule has 1 fully saturated rings. The number of imide groups is 1. The Labute approximate surface area is 98.3 Å². The summed E-state index contributed by atoms with van der Waals surface area (Å²) in [5, 5.41) is 2.32. The zero-order chi connectivity index (χ0) is 11.8. The zero-order valence-electron chi connectivity index (χ0n) is 9.16. The van der Waals surface area contributed by atoms with E-state index in [-0.39, 0.29) is 18.2 Å². The summed E-state index contributed by atoms with van der Waals surface area (Å²) in [6, 6.07) is 7.60. The maximum Gasteiger partial charge on any atom is 0.254 e. The Hall–Kier alpha value is -2.10. The maximum atomic E-state index is 11.7. The monoisotopic (exact) mass is 229 g/mol. The molecule has 17 heavy (non-hydrogen) atoms. The molecule has 1 saturated heterocycles. The molecule has 0 unspecified atom stereocenters. The fourth-order valence-corrected chi connectivity index (χ4v) is 2.28. The molecule has 2 amide bonds. The van der Waals surface area contributed by atoms with Gasteiger partial charge in [0.15, 0.2) is 0 Å². The smallest absolute Gasteiger partial charge is 0.254 e. The van der Waals surface area contributed by atoms with Crippen molar-refractivity contribution < 1.29 is 14.3 Å². The van der Waals surface area contributed by atoms with Crippen molar-refractivity contribution in [3.63, 3.8) is 0 Å². The molecule has 3 rings (SSSR count). The second-order valence-electron chi connectivity index (χ2n) is 4.11. The van der Waals surface area contributed by atoms with Crippen molar-refractivity contribution in [1.29, 1.82) is 0 Å². The number of rotatable bonds is 0. The second-order valence-corrected chi connectivity index (χ2v) is 4.11. The number of para-hydroxylation sites is 1. The molecule has 0 aliphatic carbocycles. The first-order chi connectivity index (χ1) is 8.25. The third-order valence-corrected chi connectivity index (χ3v) is 3.05. The van der Waals surface area contributed by atoms with Crippen molar-refractivity contribution in [2.24, 2.45) is 0 Å². The summed E-state index contributed by atoms with van der Waals surface area (Å²) in [4.78, 5) is 22.9. The number of nitrogens with one attached hydrogen (secondary N) is 1. The van der Waals surface area contributed by atoms with Gasteiger partial charge in [0.2, 0.25) is 5.91 Å². The van der Waals surface area contributed by atoms with Crippen LogP contribution in [0.1, 0.15) is 18.4 Å². The molecule has 0 bridgehead atoms. The van der Waals surface area contributed by atoms with Gasteiger partial charge in [-0.05, 0) is 11.6 Å². The molecule has 1 aromatic rings.